The van der Waals surface area contributed by atoms with Crippen LogP contribution in [0.1, 0.15) is 38.7 Å². The molecule has 3 heteroatoms. The molecule has 0 radical (unpaired) electrons. The van der Waals surface area contributed by atoms with Crippen LogP contribution < -0.4 is 11.1 Å². The van der Waals surface area contributed by atoms with Gasteiger partial charge < -0.3 is 15.8 Å². The van der Waals surface area contributed by atoms with Crippen LogP contribution in [0.15, 0.2) is 24.3 Å². The molecule has 0 heterocycles. The number of methoxy groups -OCH3 is 1. The third-order valence-electron chi connectivity index (χ3n) is 4.25. The van der Waals surface area contributed by atoms with Crippen molar-refractivity contribution in [3.63, 3.8) is 0 Å². The molecule has 1 aromatic carbocycles. The van der Waals surface area contributed by atoms with E-state index in [1.54, 1.807) is 0 Å². The Balaban J connectivity index is 1.95. The van der Waals surface area contributed by atoms with Gasteiger partial charge in [-0.1, -0.05) is 26.0 Å². The van der Waals surface area contributed by atoms with Crippen LogP contribution in [0, 0.1) is 0 Å². The minimum atomic E-state index is 0.106. The second-order valence-corrected chi connectivity index (χ2v) is 6.20. The lowest BCUT2D eigenvalue weighted by Gasteiger charge is -2.29. The SMILES string of the molecule is COC1CCCC1NCC(C)(C)c1ccc(N)cc1. The van der Waals surface area contributed by atoms with Gasteiger partial charge in [-0.3, -0.25) is 0 Å². The van der Waals surface area contributed by atoms with E-state index >= 15 is 0 Å². The Bertz CT molecular complexity index is 400. The molecule has 0 spiro atoms. The summed E-state index contributed by atoms with van der Waals surface area (Å²) in [5.41, 5.74) is 8.00. The van der Waals surface area contributed by atoms with Crippen molar-refractivity contribution in [1.82, 2.24) is 5.32 Å². The lowest BCUT2D eigenvalue weighted by molar-refractivity contribution is 0.0836. The van der Waals surface area contributed by atoms with Crippen molar-refractivity contribution < 1.29 is 4.74 Å². The van der Waals surface area contributed by atoms with Gasteiger partial charge in [-0.25, -0.2) is 0 Å². The maximum absolute atomic E-state index is 5.75. The number of anilines is 1. The van der Waals surface area contributed by atoms with E-state index in [0.717, 1.165) is 12.2 Å². The number of nitrogens with two attached hydrogens (primary N) is 1. The minimum Gasteiger partial charge on any atom is -0.399 e. The molecule has 0 aliphatic heterocycles. The summed E-state index contributed by atoms with van der Waals surface area (Å²) >= 11 is 0. The van der Waals surface area contributed by atoms with E-state index in [0.29, 0.717) is 12.1 Å². The number of benzene rings is 1. The fraction of sp³-hybridized carbons (Fsp3) is 0.625. The van der Waals surface area contributed by atoms with E-state index < -0.39 is 0 Å². The van der Waals surface area contributed by atoms with Gasteiger partial charge in [0.2, 0.25) is 0 Å². The van der Waals surface area contributed by atoms with E-state index in [-0.39, 0.29) is 5.41 Å². The van der Waals surface area contributed by atoms with Crippen molar-refractivity contribution in [1.29, 1.82) is 0 Å². The van der Waals surface area contributed by atoms with Gasteiger partial charge in [0.05, 0.1) is 6.10 Å². The van der Waals surface area contributed by atoms with E-state index in [4.69, 9.17) is 10.5 Å². The molecule has 0 bridgehead atoms. The van der Waals surface area contributed by atoms with Crippen molar-refractivity contribution >= 4 is 5.69 Å². The zero-order valence-electron chi connectivity index (χ0n) is 12.3. The Hall–Kier alpha value is -1.06. The van der Waals surface area contributed by atoms with Crippen molar-refractivity contribution in [3.8, 4) is 0 Å². The van der Waals surface area contributed by atoms with Gasteiger partial charge in [0.25, 0.3) is 0 Å². The van der Waals surface area contributed by atoms with Crippen LogP contribution in [-0.2, 0) is 10.2 Å². The number of ether oxygens (including phenoxy) is 1. The third kappa shape index (κ3) is 3.48. The van der Waals surface area contributed by atoms with Crippen LogP contribution in [0.4, 0.5) is 5.69 Å². The highest BCUT2D eigenvalue weighted by molar-refractivity contribution is 5.41. The molecule has 106 valence electrons. The first kappa shape index (κ1) is 14.4. The largest absolute Gasteiger partial charge is 0.399 e. The van der Waals surface area contributed by atoms with E-state index in [1.807, 2.05) is 19.2 Å². The molecule has 1 aromatic rings. The highest BCUT2D eigenvalue weighted by Gasteiger charge is 2.29. The van der Waals surface area contributed by atoms with Gasteiger partial charge in [-0.2, -0.15) is 0 Å². The van der Waals surface area contributed by atoms with Crippen LogP contribution in [0.25, 0.3) is 0 Å². The Morgan fingerprint density at radius 3 is 2.58 bits per heavy atom. The number of nitrogen functional groups attached to an aromatic ring is 1. The zero-order valence-corrected chi connectivity index (χ0v) is 12.3. The normalized spacial score (nSPS) is 23.7. The summed E-state index contributed by atoms with van der Waals surface area (Å²) in [7, 11) is 1.82. The molecular weight excluding hydrogens is 236 g/mol. The summed E-state index contributed by atoms with van der Waals surface area (Å²) < 4.78 is 5.53. The van der Waals surface area contributed by atoms with Gasteiger partial charge in [-0.15, -0.1) is 0 Å². The maximum atomic E-state index is 5.75. The fourth-order valence-electron chi connectivity index (χ4n) is 2.86. The molecule has 1 saturated carbocycles. The maximum Gasteiger partial charge on any atom is 0.0724 e. The summed E-state index contributed by atoms with van der Waals surface area (Å²) in [5, 5.41) is 3.68. The van der Waals surface area contributed by atoms with Crippen molar-refractivity contribution in [2.45, 2.75) is 50.7 Å². The summed E-state index contributed by atoms with van der Waals surface area (Å²) in [5.74, 6) is 0. The molecule has 3 nitrogen and oxygen atoms in total. The molecule has 19 heavy (non-hydrogen) atoms. The van der Waals surface area contributed by atoms with E-state index in [2.05, 4.69) is 31.3 Å². The second-order valence-electron chi connectivity index (χ2n) is 6.20. The fourth-order valence-corrected chi connectivity index (χ4v) is 2.86. The van der Waals surface area contributed by atoms with E-state index in [1.165, 1.54) is 24.8 Å². The van der Waals surface area contributed by atoms with E-state index in [9.17, 15) is 0 Å². The van der Waals surface area contributed by atoms with Crippen molar-refractivity contribution in [3.05, 3.63) is 29.8 Å². The van der Waals surface area contributed by atoms with Crippen LogP contribution >= 0.6 is 0 Å². The Kier molecular flexibility index (Phi) is 4.48. The summed E-state index contributed by atoms with van der Waals surface area (Å²) in [6.45, 7) is 5.49. The second kappa shape index (κ2) is 5.93. The zero-order chi connectivity index (χ0) is 13.9. The first-order chi connectivity index (χ1) is 9.03. The number of rotatable bonds is 5. The highest BCUT2D eigenvalue weighted by Crippen LogP contribution is 2.26. The number of hydrogen-bond donors (Lipinski definition) is 2. The van der Waals surface area contributed by atoms with Crippen molar-refractivity contribution in [2.24, 2.45) is 0 Å². The quantitative estimate of drug-likeness (QED) is 0.802. The standard InChI is InChI=1S/C16H26N2O/c1-16(2,12-7-9-13(17)10-8-12)11-18-14-5-4-6-15(14)19-3/h7-10,14-15,18H,4-6,11,17H2,1-3H3. The lowest BCUT2D eigenvalue weighted by Crippen LogP contribution is -2.43. The van der Waals surface area contributed by atoms with Crippen LogP contribution in [0.3, 0.4) is 0 Å². The summed E-state index contributed by atoms with van der Waals surface area (Å²) in [6.07, 6.45) is 4.04. The topological polar surface area (TPSA) is 47.3 Å². The smallest absolute Gasteiger partial charge is 0.0724 e. The van der Waals surface area contributed by atoms with Gasteiger partial charge in [0.15, 0.2) is 0 Å². The number of hydrogen-bond acceptors (Lipinski definition) is 3. The monoisotopic (exact) mass is 262 g/mol. The first-order valence-electron chi connectivity index (χ1n) is 7.15. The summed E-state index contributed by atoms with van der Waals surface area (Å²) in [6, 6.07) is 8.70. The van der Waals surface area contributed by atoms with Gasteiger partial charge in [0.1, 0.15) is 0 Å². The van der Waals surface area contributed by atoms with Crippen molar-refractivity contribution in [2.75, 3.05) is 19.4 Å². The predicted molar refractivity (Wildman–Crippen MR) is 80.3 cm³/mol. The molecule has 1 aliphatic rings. The van der Waals surface area contributed by atoms with Gasteiger partial charge >= 0.3 is 0 Å². The first-order valence-corrected chi connectivity index (χ1v) is 7.15. The molecule has 0 aromatic heterocycles. The Morgan fingerprint density at radius 1 is 1.26 bits per heavy atom. The molecule has 1 fully saturated rings. The Labute approximate surface area is 116 Å². The molecule has 0 amide bonds. The highest BCUT2D eigenvalue weighted by atomic mass is 16.5. The molecule has 2 atom stereocenters. The Morgan fingerprint density at radius 2 is 1.95 bits per heavy atom. The van der Waals surface area contributed by atoms with Gasteiger partial charge in [-0.05, 0) is 37.0 Å². The minimum absolute atomic E-state index is 0.106. The molecule has 0 saturated heterocycles. The molecule has 2 unspecified atom stereocenters. The van der Waals surface area contributed by atoms with Crippen LogP contribution in [0.2, 0.25) is 0 Å². The molecule has 3 N–H and O–H groups in total. The lowest BCUT2D eigenvalue weighted by atomic mass is 9.84. The third-order valence-corrected chi connectivity index (χ3v) is 4.25. The van der Waals surface area contributed by atoms with Gasteiger partial charge in [0, 0.05) is 30.8 Å². The molecular formula is C16H26N2O. The van der Waals surface area contributed by atoms with Crippen LogP contribution in [0.5, 0.6) is 0 Å². The summed E-state index contributed by atoms with van der Waals surface area (Å²) in [4.78, 5) is 0. The average Bonchev–Trinajstić information content (AvgIpc) is 2.84. The number of nitrogens with one attached hydrogen (secondary N) is 1. The molecule has 2 rings (SSSR count). The average molecular weight is 262 g/mol. The van der Waals surface area contributed by atoms with Crippen LogP contribution in [-0.4, -0.2) is 25.8 Å². The molecule has 1 aliphatic carbocycles. The predicted octanol–water partition coefficient (Wildman–Crippen LogP) is 2.70.